The average molecular weight is 192 g/mol. The SMILES string of the molecule is CCC[C@@H](O)c1ccc(C(C)C)cc1. The summed E-state index contributed by atoms with van der Waals surface area (Å²) < 4.78 is 0. The Hall–Kier alpha value is -0.820. The van der Waals surface area contributed by atoms with Crippen molar-refractivity contribution in [2.45, 2.75) is 45.6 Å². The van der Waals surface area contributed by atoms with Gasteiger partial charge in [0.15, 0.2) is 0 Å². The fraction of sp³-hybridized carbons (Fsp3) is 0.538. The van der Waals surface area contributed by atoms with E-state index < -0.39 is 0 Å². The molecule has 1 N–H and O–H groups in total. The van der Waals surface area contributed by atoms with Crippen LogP contribution in [0, 0.1) is 0 Å². The first-order valence-electron chi connectivity index (χ1n) is 5.43. The minimum absolute atomic E-state index is 0.291. The van der Waals surface area contributed by atoms with Crippen LogP contribution in [0.15, 0.2) is 24.3 Å². The summed E-state index contributed by atoms with van der Waals surface area (Å²) in [4.78, 5) is 0. The quantitative estimate of drug-likeness (QED) is 0.772. The van der Waals surface area contributed by atoms with E-state index in [1.807, 2.05) is 12.1 Å². The first kappa shape index (κ1) is 11.3. The zero-order valence-corrected chi connectivity index (χ0v) is 9.33. The van der Waals surface area contributed by atoms with Gasteiger partial charge in [-0.1, -0.05) is 51.5 Å². The number of hydrogen-bond acceptors (Lipinski definition) is 1. The fourth-order valence-corrected chi connectivity index (χ4v) is 1.54. The van der Waals surface area contributed by atoms with Crippen molar-refractivity contribution < 1.29 is 5.11 Å². The molecule has 0 heterocycles. The van der Waals surface area contributed by atoms with Gasteiger partial charge in [-0.25, -0.2) is 0 Å². The zero-order valence-electron chi connectivity index (χ0n) is 9.33. The zero-order chi connectivity index (χ0) is 10.6. The van der Waals surface area contributed by atoms with Gasteiger partial charge in [0.05, 0.1) is 6.10 Å². The summed E-state index contributed by atoms with van der Waals surface area (Å²) in [7, 11) is 0. The van der Waals surface area contributed by atoms with Crippen LogP contribution in [0.5, 0.6) is 0 Å². The molecule has 0 unspecified atom stereocenters. The highest BCUT2D eigenvalue weighted by atomic mass is 16.3. The molecule has 0 saturated heterocycles. The van der Waals surface area contributed by atoms with Crippen LogP contribution in [-0.2, 0) is 0 Å². The molecule has 0 saturated carbocycles. The topological polar surface area (TPSA) is 20.2 Å². The largest absolute Gasteiger partial charge is 0.388 e. The maximum absolute atomic E-state index is 9.75. The molecule has 78 valence electrons. The third-order valence-electron chi connectivity index (χ3n) is 2.55. The van der Waals surface area contributed by atoms with Gasteiger partial charge in [0, 0.05) is 0 Å². The van der Waals surface area contributed by atoms with Crippen LogP contribution in [0.1, 0.15) is 56.8 Å². The number of aliphatic hydroxyl groups excluding tert-OH is 1. The van der Waals surface area contributed by atoms with Crippen molar-refractivity contribution in [3.8, 4) is 0 Å². The Balaban J connectivity index is 2.72. The maximum Gasteiger partial charge on any atom is 0.0790 e. The van der Waals surface area contributed by atoms with Gasteiger partial charge in [-0.3, -0.25) is 0 Å². The smallest absolute Gasteiger partial charge is 0.0790 e. The Bertz CT molecular complexity index is 261. The van der Waals surface area contributed by atoms with E-state index in [1.165, 1.54) is 5.56 Å². The monoisotopic (exact) mass is 192 g/mol. The Morgan fingerprint density at radius 2 is 1.57 bits per heavy atom. The lowest BCUT2D eigenvalue weighted by molar-refractivity contribution is 0.166. The highest BCUT2D eigenvalue weighted by Gasteiger charge is 2.06. The molecule has 1 aromatic rings. The third-order valence-corrected chi connectivity index (χ3v) is 2.55. The Labute approximate surface area is 86.8 Å². The molecule has 0 aliphatic rings. The van der Waals surface area contributed by atoms with Crippen LogP contribution in [-0.4, -0.2) is 5.11 Å². The van der Waals surface area contributed by atoms with Crippen molar-refractivity contribution in [1.29, 1.82) is 0 Å². The van der Waals surface area contributed by atoms with E-state index in [0.29, 0.717) is 5.92 Å². The molecule has 1 heteroatoms. The maximum atomic E-state index is 9.75. The second kappa shape index (κ2) is 5.16. The predicted molar refractivity (Wildman–Crippen MR) is 60.4 cm³/mol. The summed E-state index contributed by atoms with van der Waals surface area (Å²) in [5.41, 5.74) is 2.37. The molecule has 14 heavy (non-hydrogen) atoms. The van der Waals surface area contributed by atoms with Gasteiger partial charge in [0.2, 0.25) is 0 Å². The summed E-state index contributed by atoms with van der Waals surface area (Å²) in [6, 6.07) is 8.29. The fourth-order valence-electron chi connectivity index (χ4n) is 1.54. The van der Waals surface area contributed by atoms with E-state index in [9.17, 15) is 5.11 Å². The van der Waals surface area contributed by atoms with Crippen LogP contribution in [0.4, 0.5) is 0 Å². The van der Waals surface area contributed by atoms with E-state index in [-0.39, 0.29) is 6.10 Å². The molecular formula is C13H20O. The van der Waals surface area contributed by atoms with Crippen LogP contribution >= 0.6 is 0 Å². The second-order valence-corrected chi connectivity index (χ2v) is 4.13. The average Bonchev–Trinajstić information content (AvgIpc) is 2.18. The molecule has 1 nitrogen and oxygen atoms in total. The number of hydrogen-bond donors (Lipinski definition) is 1. The molecule has 0 aliphatic carbocycles. The Morgan fingerprint density at radius 3 is 2.00 bits per heavy atom. The van der Waals surface area contributed by atoms with Gasteiger partial charge in [-0.05, 0) is 23.5 Å². The lowest BCUT2D eigenvalue weighted by Crippen LogP contribution is -1.97. The highest BCUT2D eigenvalue weighted by molar-refractivity contribution is 5.25. The molecule has 1 atom stereocenters. The third kappa shape index (κ3) is 2.85. The highest BCUT2D eigenvalue weighted by Crippen LogP contribution is 2.21. The Kier molecular flexibility index (Phi) is 4.15. The second-order valence-electron chi connectivity index (χ2n) is 4.13. The normalized spacial score (nSPS) is 13.2. The minimum Gasteiger partial charge on any atom is -0.388 e. The number of rotatable bonds is 4. The number of aliphatic hydroxyl groups is 1. The molecular weight excluding hydrogens is 172 g/mol. The van der Waals surface area contributed by atoms with Crippen molar-refractivity contribution >= 4 is 0 Å². The molecule has 1 rings (SSSR count). The van der Waals surface area contributed by atoms with E-state index in [4.69, 9.17) is 0 Å². The molecule has 0 fully saturated rings. The van der Waals surface area contributed by atoms with Crippen LogP contribution < -0.4 is 0 Å². The molecule has 0 bridgehead atoms. The molecule has 1 aromatic carbocycles. The van der Waals surface area contributed by atoms with Gasteiger partial charge < -0.3 is 5.11 Å². The van der Waals surface area contributed by atoms with Gasteiger partial charge >= 0.3 is 0 Å². The minimum atomic E-state index is -0.291. The molecule has 0 aliphatic heterocycles. The van der Waals surface area contributed by atoms with E-state index in [0.717, 1.165) is 18.4 Å². The predicted octanol–water partition coefficient (Wildman–Crippen LogP) is 3.64. The van der Waals surface area contributed by atoms with E-state index in [2.05, 4.69) is 32.9 Å². The van der Waals surface area contributed by atoms with Crippen molar-refractivity contribution in [3.05, 3.63) is 35.4 Å². The van der Waals surface area contributed by atoms with E-state index >= 15 is 0 Å². The standard InChI is InChI=1S/C13H20O/c1-4-5-13(14)12-8-6-11(7-9-12)10(2)3/h6-10,13-14H,4-5H2,1-3H3/t13-/m1/s1. The summed E-state index contributed by atoms with van der Waals surface area (Å²) >= 11 is 0. The van der Waals surface area contributed by atoms with Gasteiger partial charge in [-0.2, -0.15) is 0 Å². The van der Waals surface area contributed by atoms with Gasteiger partial charge in [0.25, 0.3) is 0 Å². The summed E-state index contributed by atoms with van der Waals surface area (Å²) in [5, 5.41) is 9.75. The van der Waals surface area contributed by atoms with Crippen molar-refractivity contribution in [2.75, 3.05) is 0 Å². The first-order chi connectivity index (χ1) is 6.65. The summed E-state index contributed by atoms with van der Waals surface area (Å²) in [5.74, 6) is 0.562. The lowest BCUT2D eigenvalue weighted by atomic mass is 9.99. The molecule has 0 radical (unpaired) electrons. The van der Waals surface area contributed by atoms with Crippen LogP contribution in [0.25, 0.3) is 0 Å². The van der Waals surface area contributed by atoms with Crippen LogP contribution in [0.2, 0.25) is 0 Å². The van der Waals surface area contributed by atoms with Gasteiger partial charge in [-0.15, -0.1) is 0 Å². The molecule has 0 aromatic heterocycles. The lowest BCUT2D eigenvalue weighted by Gasteiger charge is -2.11. The molecule has 0 amide bonds. The first-order valence-corrected chi connectivity index (χ1v) is 5.43. The van der Waals surface area contributed by atoms with Crippen molar-refractivity contribution in [3.63, 3.8) is 0 Å². The van der Waals surface area contributed by atoms with Crippen molar-refractivity contribution in [2.24, 2.45) is 0 Å². The Morgan fingerprint density at radius 1 is 1.07 bits per heavy atom. The molecule has 0 spiro atoms. The number of benzene rings is 1. The van der Waals surface area contributed by atoms with Crippen molar-refractivity contribution in [1.82, 2.24) is 0 Å². The van der Waals surface area contributed by atoms with E-state index in [1.54, 1.807) is 0 Å². The van der Waals surface area contributed by atoms with Gasteiger partial charge in [0.1, 0.15) is 0 Å². The summed E-state index contributed by atoms with van der Waals surface area (Å²) in [6.07, 6.45) is 1.58. The van der Waals surface area contributed by atoms with Crippen LogP contribution in [0.3, 0.4) is 0 Å². The summed E-state index contributed by atoms with van der Waals surface area (Å²) in [6.45, 7) is 6.45.